The van der Waals surface area contributed by atoms with E-state index in [0.29, 0.717) is 16.6 Å². The minimum absolute atomic E-state index is 0.561. The van der Waals surface area contributed by atoms with E-state index in [1.54, 1.807) is 0 Å². The van der Waals surface area contributed by atoms with Crippen LogP contribution in [0.1, 0.15) is 5.56 Å². The van der Waals surface area contributed by atoms with Crippen molar-refractivity contribution in [2.24, 2.45) is 0 Å². The zero-order valence-corrected chi connectivity index (χ0v) is 16.1. The van der Waals surface area contributed by atoms with Gasteiger partial charge < -0.3 is 4.57 Å². The van der Waals surface area contributed by atoms with Crippen LogP contribution in [0.25, 0.3) is 22.8 Å². The second kappa shape index (κ2) is 6.79. The van der Waals surface area contributed by atoms with Crippen molar-refractivity contribution in [2.45, 2.75) is 6.54 Å². The van der Waals surface area contributed by atoms with Crippen molar-refractivity contribution in [2.75, 3.05) is 0 Å². The van der Waals surface area contributed by atoms with Crippen LogP contribution in [-0.2, 0) is 6.54 Å². The number of hydrogen-bond donors (Lipinski definition) is 0. The Morgan fingerprint density at radius 3 is 2.56 bits per heavy atom. The molecule has 0 bridgehead atoms. The maximum Gasteiger partial charge on any atom is 0.160 e. The molecule has 0 radical (unpaired) electrons. The van der Waals surface area contributed by atoms with Crippen LogP contribution in [0.5, 0.6) is 0 Å². The largest absolute Gasteiger partial charge is 0.348 e. The first-order valence-corrected chi connectivity index (χ1v) is 9.17. The third-order valence-corrected chi connectivity index (χ3v) is 5.09. The molecular weight excluding hydrogens is 421 g/mol. The molecule has 0 aromatic heterocycles. The molecule has 6 heteroatoms. The number of fused-ring (bicyclic) bond motifs is 1. The summed E-state index contributed by atoms with van der Waals surface area (Å²) in [7, 11) is 0. The topological polar surface area (TPSA) is 30.7 Å². The van der Waals surface area contributed by atoms with Crippen LogP contribution in [0, 0.1) is 0 Å². The van der Waals surface area contributed by atoms with E-state index in [-0.39, 0.29) is 0 Å². The fourth-order valence-electron chi connectivity index (χ4n) is 2.66. The van der Waals surface area contributed by atoms with Gasteiger partial charge in [-0.2, -0.15) is 0 Å². The molecule has 2 aromatic carbocycles. The Bertz CT molecular complexity index is 1030. The Morgan fingerprint density at radius 1 is 0.920 bits per heavy atom. The van der Waals surface area contributed by atoms with E-state index in [1.165, 1.54) is 0 Å². The number of hydrogen-bond acceptors (Lipinski definition) is 2. The van der Waals surface area contributed by atoms with Gasteiger partial charge >= 0.3 is 0 Å². The first-order valence-electron chi connectivity index (χ1n) is 7.62. The highest BCUT2D eigenvalue weighted by Gasteiger charge is 2.13. The zero-order chi connectivity index (χ0) is 17.4. The first-order chi connectivity index (χ1) is 12.1. The van der Waals surface area contributed by atoms with Gasteiger partial charge in [0.1, 0.15) is 5.69 Å². The van der Waals surface area contributed by atoms with Crippen molar-refractivity contribution in [1.82, 2.24) is 14.5 Å². The summed E-state index contributed by atoms with van der Waals surface area (Å²) in [6, 6.07) is 15.6. The van der Waals surface area contributed by atoms with E-state index >= 15 is 0 Å². The molecule has 0 aliphatic carbocycles. The molecule has 3 nitrogen and oxygen atoms in total. The van der Waals surface area contributed by atoms with E-state index in [1.807, 2.05) is 60.9 Å². The van der Waals surface area contributed by atoms with Crippen LogP contribution >= 0.6 is 39.1 Å². The standard InChI is InChI=1S/C19H12BrCl2N3/c20-14-3-1-2-13(9-14)19-23-17-6-7-25(11-18(17)24-19)10-12-4-5-15(21)16(22)8-12/h1-9,11H,10H2. The Morgan fingerprint density at radius 2 is 1.76 bits per heavy atom. The predicted octanol–water partition coefficient (Wildman–Crippen LogP) is 6.17. The maximum atomic E-state index is 6.09. The van der Waals surface area contributed by atoms with Gasteiger partial charge in [-0.25, -0.2) is 9.97 Å². The van der Waals surface area contributed by atoms with Crippen molar-refractivity contribution < 1.29 is 0 Å². The molecule has 0 spiro atoms. The highest BCUT2D eigenvalue weighted by Crippen LogP contribution is 2.27. The molecule has 2 aliphatic heterocycles. The van der Waals surface area contributed by atoms with Crippen molar-refractivity contribution in [3.8, 4) is 22.8 Å². The Balaban J connectivity index is 1.66. The van der Waals surface area contributed by atoms with Gasteiger partial charge in [0.2, 0.25) is 0 Å². The molecule has 124 valence electrons. The lowest BCUT2D eigenvalue weighted by molar-refractivity contribution is 0.789. The molecule has 0 unspecified atom stereocenters. The third-order valence-electron chi connectivity index (χ3n) is 3.86. The quantitative estimate of drug-likeness (QED) is 0.387. The third kappa shape index (κ3) is 3.56. The lowest BCUT2D eigenvalue weighted by Crippen LogP contribution is -2.00. The minimum atomic E-state index is 0.561. The van der Waals surface area contributed by atoms with Crippen molar-refractivity contribution in [1.29, 1.82) is 0 Å². The van der Waals surface area contributed by atoms with Gasteiger partial charge in [-0.3, -0.25) is 0 Å². The molecule has 2 aromatic rings. The zero-order valence-electron chi connectivity index (χ0n) is 13.0. The average molecular weight is 433 g/mol. The molecule has 0 saturated carbocycles. The molecule has 0 N–H and O–H groups in total. The minimum Gasteiger partial charge on any atom is -0.348 e. The van der Waals surface area contributed by atoms with Gasteiger partial charge in [-0.15, -0.1) is 0 Å². The second-order valence-corrected chi connectivity index (χ2v) is 7.42. The number of rotatable bonds is 3. The van der Waals surface area contributed by atoms with Gasteiger partial charge in [0, 0.05) is 29.0 Å². The summed E-state index contributed by atoms with van der Waals surface area (Å²) in [5.74, 6) is 0.726. The van der Waals surface area contributed by atoms with E-state index in [9.17, 15) is 0 Å². The van der Waals surface area contributed by atoms with Gasteiger partial charge in [0.25, 0.3) is 0 Å². The smallest absolute Gasteiger partial charge is 0.160 e. The lowest BCUT2D eigenvalue weighted by atomic mass is 10.2. The van der Waals surface area contributed by atoms with Crippen LogP contribution in [0.2, 0.25) is 10.0 Å². The number of imidazole rings is 1. The lowest BCUT2D eigenvalue weighted by Gasteiger charge is -2.08. The molecule has 2 aliphatic rings. The monoisotopic (exact) mass is 431 g/mol. The highest BCUT2D eigenvalue weighted by molar-refractivity contribution is 9.10. The number of nitrogens with zero attached hydrogens (tertiary/aromatic N) is 3. The molecule has 4 rings (SSSR count). The van der Waals surface area contributed by atoms with Crippen molar-refractivity contribution in [3.63, 3.8) is 0 Å². The number of halogens is 3. The fourth-order valence-corrected chi connectivity index (χ4v) is 3.38. The average Bonchev–Trinajstić information content (AvgIpc) is 3.02. The van der Waals surface area contributed by atoms with E-state index < -0.39 is 0 Å². The summed E-state index contributed by atoms with van der Waals surface area (Å²) < 4.78 is 3.06. The second-order valence-electron chi connectivity index (χ2n) is 5.69. The van der Waals surface area contributed by atoms with E-state index in [0.717, 1.165) is 32.8 Å². The van der Waals surface area contributed by atoms with Gasteiger partial charge in [-0.05, 0) is 35.9 Å². The van der Waals surface area contributed by atoms with Gasteiger partial charge in [0.05, 0.1) is 15.7 Å². The highest BCUT2D eigenvalue weighted by atomic mass is 79.9. The molecule has 0 fully saturated rings. The SMILES string of the molecule is Clc1ccc(Cn2ccc3nc(-c4cccc(Br)c4)nc-3c2)cc1Cl. The molecule has 0 atom stereocenters. The Kier molecular flexibility index (Phi) is 4.50. The van der Waals surface area contributed by atoms with Crippen LogP contribution in [0.4, 0.5) is 0 Å². The van der Waals surface area contributed by atoms with Crippen LogP contribution in [-0.4, -0.2) is 14.5 Å². The number of benzene rings is 2. The molecule has 25 heavy (non-hydrogen) atoms. The van der Waals surface area contributed by atoms with Gasteiger partial charge in [0.15, 0.2) is 5.82 Å². The molecule has 2 heterocycles. The van der Waals surface area contributed by atoms with Crippen molar-refractivity contribution in [3.05, 3.63) is 81.0 Å². The summed E-state index contributed by atoms with van der Waals surface area (Å²) in [5, 5.41) is 1.12. The predicted molar refractivity (Wildman–Crippen MR) is 105 cm³/mol. The molecule has 0 saturated heterocycles. The first kappa shape index (κ1) is 16.6. The molecular formula is C19H12BrCl2N3. The summed E-state index contributed by atoms with van der Waals surface area (Å²) in [5.41, 5.74) is 3.80. The fraction of sp³-hybridized carbons (Fsp3) is 0.0526. The maximum absolute atomic E-state index is 6.09. The van der Waals surface area contributed by atoms with Crippen LogP contribution in [0.15, 0.2) is 65.4 Å². The van der Waals surface area contributed by atoms with Gasteiger partial charge in [-0.1, -0.05) is 57.3 Å². The number of pyridine rings is 1. The number of aromatic nitrogens is 3. The Hall–Kier alpha value is -1.88. The summed E-state index contributed by atoms with van der Waals surface area (Å²) >= 11 is 15.5. The molecule has 0 amide bonds. The van der Waals surface area contributed by atoms with Crippen molar-refractivity contribution >= 4 is 39.1 Å². The van der Waals surface area contributed by atoms with Crippen LogP contribution < -0.4 is 0 Å². The van der Waals surface area contributed by atoms with E-state index in [4.69, 9.17) is 23.2 Å². The van der Waals surface area contributed by atoms with E-state index in [2.05, 4.69) is 30.5 Å². The normalized spacial score (nSPS) is 11.2. The summed E-state index contributed by atoms with van der Waals surface area (Å²) in [6.07, 6.45) is 3.98. The van der Waals surface area contributed by atoms with Crippen LogP contribution in [0.3, 0.4) is 0 Å². The Labute approximate surface area is 163 Å². The summed E-state index contributed by atoms with van der Waals surface area (Å²) in [4.78, 5) is 9.27. The summed E-state index contributed by atoms with van der Waals surface area (Å²) in [6.45, 7) is 0.686.